The van der Waals surface area contributed by atoms with Gasteiger partial charge in [-0.2, -0.15) is 0 Å². The second kappa shape index (κ2) is 9.47. The van der Waals surface area contributed by atoms with Crippen LogP contribution >= 0.6 is 0 Å². The van der Waals surface area contributed by atoms with Crippen molar-refractivity contribution in [2.24, 2.45) is 0 Å². The fourth-order valence-corrected chi connectivity index (χ4v) is 2.61. The van der Waals surface area contributed by atoms with E-state index < -0.39 is 5.97 Å². The Morgan fingerprint density at radius 1 is 1.04 bits per heavy atom. The molecule has 0 aliphatic heterocycles. The Balaban J connectivity index is 2.08. The van der Waals surface area contributed by atoms with Crippen molar-refractivity contribution in [1.29, 1.82) is 0 Å². The number of carbonyl (C=O) groups is 2. The van der Waals surface area contributed by atoms with E-state index in [0.717, 1.165) is 11.1 Å². The Labute approximate surface area is 148 Å². The summed E-state index contributed by atoms with van der Waals surface area (Å²) < 4.78 is 0. The summed E-state index contributed by atoms with van der Waals surface area (Å²) in [6.07, 6.45) is 0.465. The molecular formula is C20H24N2O3. The number of rotatable bonds is 8. The quantitative estimate of drug-likeness (QED) is 0.718. The lowest BCUT2D eigenvalue weighted by atomic mass is 10.1. The normalized spacial score (nSPS) is 11.6. The molecule has 0 spiro atoms. The zero-order chi connectivity index (χ0) is 18.1. The van der Waals surface area contributed by atoms with Crippen molar-refractivity contribution < 1.29 is 14.7 Å². The molecule has 0 radical (unpaired) electrons. The average molecular weight is 340 g/mol. The maximum Gasteiger partial charge on any atom is 0.318 e. The van der Waals surface area contributed by atoms with Crippen LogP contribution in [0.2, 0.25) is 0 Å². The van der Waals surface area contributed by atoms with Gasteiger partial charge in [-0.15, -0.1) is 0 Å². The molecule has 2 aromatic carbocycles. The van der Waals surface area contributed by atoms with Crippen LogP contribution in [0.1, 0.15) is 36.9 Å². The molecule has 2 rings (SSSR count). The molecule has 5 nitrogen and oxygen atoms in total. The number of aliphatic carboxylic acids is 1. The number of urea groups is 1. The van der Waals surface area contributed by atoms with Gasteiger partial charge in [-0.3, -0.25) is 4.79 Å². The molecule has 0 aliphatic rings. The first-order valence-electron chi connectivity index (χ1n) is 8.43. The molecule has 5 heteroatoms. The Hall–Kier alpha value is -2.82. The number of hydrogen-bond donors (Lipinski definition) is 2. The molecule has 0 heterocycles. The van der Waals surface area contributed by atoms with E-state index in [1.165, 1.54) is 0 Å². The predicted octanol–water partition coefficient (Wildman–Crippen LogP) is 3.82. The lowest BCUT2D eigenvalue weighted by molar-refractivity contribution is -0.137. The standard InChI is InChI=1S/C20H24N2O3/c1-16(18-11-6-3-7-12-18)22(15-17-9-4-2-5-10-17)20(25)21-14-8-13-19(23)24/h2-7,9-12,16H,8,13-15H2,1H3,(H,21,25)(H,23,24). The highest BCUT2D eigenvalue weighted by Gasteiger charge is 2.21. The van der Waals surface area contributed by atoms with Gasteiger partial charge in [0.05, 0.1) is 6.04 Å². The summed E-state index contributed by atoms with van der Waals surface area (Å²) in [5.74, 6) is -0.854. The molecule has 0 aliphatic carbocycles. The summed E-state index contributed by atoms with van der Waals surface area (Å²) in [6.45, 7) is 2.83. The van der Waals surface area contributed by atoms with Gasteiger partial charge in [-0.05, 0) is 24.5 Å². The molecule has 1 unspecified atom stereocenters. The molecule has 2 N–H and O–H groups in total. The van der Waals surface area contributed by atoms with Crippen molar-refractivity contribution in [3.05, 3.63) is 71.8 Å². The Kier molecular flexibility index (Phi) is 7.01. The highest BCUT2D eigenvalue weighted by Crippen LogP contribution is 2.22. The minimum Gasteiger partial charge on any atom is -0.481 e. The molecule has 0 aromatic heterocycles. The Bertz CT molecular complexity index is 674. The lowest BCUT2D eigenvalue weighted by Crippen LogP contribution is -2.41. The van der Waals surface area contributed by atoms with Crippen LogP contribution in [-0.2, 0) is 11.3 Å². The fourth-order valence-electron chi connectivity index (χ4n) is 2.61. The largest absolute Gasteiger partial charge is 0.481 e. The van der Waals surface area contributed by atoms with E-state index >= 15 is 0 Å². The van der Waals surface area contributed by atoms with E-state index in [1.807, 2.05) is 67.6 Å². The number of benzene rings is 2. The predicted molar refractivity (Wildman–Crippen MR) is 97.1 cm³/mol. The van der Waals surface area contributed by atoms with E-state index in [9.17, 15) is 9.59 Å². The van der Waals surface area contributed by atoms with Crippen molar-refractivity contribution >= 4 is 12.0 Å². The van der Waals surface area contributed by atoms with Gasteiger partial charge in [0, 0.05) is 19.5 Å². The zero-order valence-corrected chi connectivity index (χ0v) is 14.4. The minimum atomic E-state index is -0.854. The van der Waals surface area contributed by atoms with Gasteiger partial charge in [-0.1, -0.05) is 60.7 Å². The molecule has 0 bridgehead atoms. The van der Waals surface area contributed by atoms with Crippen LogP contribution in [0.3, 0.4) is 0 Å². The lowest BCUT2D eigenvalue weighted by Gasteiger charge is -2.30. The average Bonchev–Trinajstić information content (AvgIpc) is 2.64. The first kappa shape index (κ1) is 18.5. The summed E-state index contributed by atoms with van der Waals surface area (Å²) in [6, 6.07) is 19.4. The molecule has 132 valence electrons. The monoisotopic (exact) mass is 340 g/mol. The molecule has 0 fully saturated rings. The third-order valence-electron chi connectivity index (χ3n) is 4.05. The van der Waals surface area contributed by atoms with E-state index in [1.54, 1.807) is 4.90 Å². The Morgan fingerprint density at radius 3 is 2.24 bits per heavy atom. The van der Waals surface area contributed by atoms with Crippen LogP contribution in [0, 0.1) is 0 Å². The number of nitrogens with zero attached hydrogens (tertiary/aromatic N) is 1. The van der Waals surface area contributed by atoms with Gasteiger partial charge in [-0.25, -0.2) is 4.79 Å². The molecular weight excluding hydrogens is 316 g/mol. The molecule has 1 atom stereocenters. The number of carbonyl (C=O) groups excluding carboxylic acids is 1. The fraction of sp³-hybridized carbons (Fsp3) is 0.300. The van der Waals surface area contributed by atoms with Gasteiger partial charge in [0.15, 0.2) is 0 Å². The van der Waals surface area contributed by atoms with Crippen LogP contribution in [-0.4, -0.2) is 28.6 Å². The van der Waals surface area contributed by atoms with Crippen LogP contribution < -0.4 is 5.32 Å². The summed E-state index contributed by atoms with van der Waals surface area (Å²) in [4.78, 5) is 25.0. The van der Waals surface area contributed by atoms with Crippen LogP contribution in [0.4, 0.5) is 4.79 Å². The Morgan fingerprint density at radius 2 is 1.64 bits per heavy atom. The highest BCUT2D eigenvalue weighted by atomic mass is 16.4. The maximum absolute atomic E-state index is 12.7. The minimum absolute atomic E-state index is 0.0488. The number of carboxylic acids is 1. The van der Waals surface area contributed by atoms with Crippen molar-refractivity contribution in [3.8, 4) is 0 Å². The summed E-state index contributed by atoms with van der Waals surface area (Å²) in [5.41, 5.74) is 2.10. The zero-order valence-electron chi connectivity index (χ0n) is 14.4. The van der Waals surface area contributed by atoms with Crippen LogP contribution in [0.25, 0.3) is 0 Å². The molecule has 2 amide bonds. The summed E-state index contributed by atoms with van der Waals surface area (Å²) in [5, 5.41) is 11.5. The van der Waals surface area contributed by atoms with Crippen molar-refractivity contribution in [3.63, 3.8) is 0 Å². The third kappa shape index (κ3) is 5.95. The summed E-state index contributed by atoms with van der Waals surface area (Å²) in [7, 11) is 0. The van der Waals surface area contributed by atoms with Gasteiger partial charge in [0.2, 0.25) is 0 Å². The number of carboxylic acid groups (broad SMARTS) is 1. The smallest absolute Gasteiger partial charge is 0.318 e. The first-order chi connectivity index (χ1) is 12.1. The first-order valence-corrected chi connectivity index (χ1v) is 8.43. The second-order valence-electron chi connectivity index (χ2n) is 5.93. The molecule has 2 aromatic rings. The second-order valence-corrected chi connectivity index (χ2v) is 5.93. The van der Waals surface area contributed by atoms with E-state index in [0.29, 0.717) is 19.5 Å². The number of hydrogen-bond acceptors (Lipinski definition) is 2. The van der Waals surface area contributed by atoms with E-state index in [2.05, 4.69) is 5.32 Å². The maximum atomic E-state index is 12.7. The number of amides is 2. The van der Waals surface area contributed by atoms with E-state index in [-0.39, 0.29) is 18.5 Å². The van der Waals surface area contributed by atoms with Crippen LogP contribution in [0.5, 0.6) is 0 Å². The van der Waals surface area contributed by atoms with Gasteiger partial charge in [0.25, 0.3) is 0 Å². The molecule has 0 saturated heterocycles. The summed E-state index contributed by atoms with van der Waals surface area (Å²) >= 11 is 0. The van der Waals surface area contributed by atoms with Gasteiger partial charge < -0.3 is 15.3 Å². The van der Waals surface area contributed by atoms with Crippen LogP contribution in [0.15, 0.2) is 60.7 Å². The van der Waals surface area contributed by atoms with Crippen molar-refractivity contribution in [2.45, 2.75) is 32.4 Å². The van der Waals surface area contributed by atoms with Crippen molar-refractivity contribution in [1.82, 2.24) is 10.2 Å². The highest BCUT2D eigenvalue weighted by molar-refractivity contribution is 5.75. The SMILES string of the molecule is CC(c1ccccc1)N(Cc1ccccc1)C(=O)NCCCC(=O)O. The van der Waals surface area contributed by atoms with Crippen molar-refractivity contribution in [2.75, 3.05) is 6.54 Å². The molecule has 0 saturated carbocycles. The topological polar surface area (TPSA) is 69.6 Å². The molecule has 25 heavy (non-hydrogen) atoms. The van der Waals surface area contributed by atoms with E-state index in [4.69, 9.17) is 5.11 Å². The van der Waals surface area contributed by atoms with Gasteiger partial charge >= 0.3 is 12.0 Å². The number of nitrogens with one attached hydrogen (secondary N) is 1. The third-order valence-corrected chi connectivity index (χ3v) is 4.05. The van der Waals surface area contributed by atoms with Gasteiger partial charge in [0.1, 0.15) is 0 Å².